The predicted octanol–water partition coefficient (Wildman–Crippen LogP) is 1.16. The fourth-order valence-corrected chi connectivity index (χ4v) is 1.92. The minimum Gasteiger partial charge on any atom is -0.409 e. The number of likely N-dealkylation sites (tertiary alicyclic amines) is 1. The van der Waals surface area contributed by atoms with Gasteiger partial charge in [-0.3, -0.25) is 4.79 Å². The highest BCUT2D eigenvalue weighted by Gasteiger charge is 2.38. The molecule has 0 aromatic heterocycles. The number of hydrogen-bond acceptors (Lipinski definition) is 3. The van der Waals surface area contributed by atoms with Gasteiger partial charge in [-0.15, -0.1) is 0 Å². The Morgan fingerprint density at radius 1 is 1.62 bits per heavy atom. The molecule has 1 aliphatic heterocycles. The van der Waals surface area contributed by atoms with Gasteiger partial charge >= 0.3 is 0 Å². The van der Waals surface area contributed by atoms with E-state index in [4.69, 9.17) is 10.9 Å². The van der Waals surface area contributed by atoms with Crippen LogP contribution in [0, 0.1) is 5.41 Å². The van der Waals surface area contributed by atoms with Crippen LogP contribution in [0.4, 0.5) is 0 Å². The van der Waals surface area contributed by atoms with Gasteiger partial charge in [0.25, 0.3) is 0 Å². The fraction of sp³-hybridized carbons (Fsp3) is 0.818. The predicted molar refractivity (Wildman–Crippen MR) is 62.2 cm³/mol. The molecule has 0 radical (unpaired) electrons. The lowest BCUT2D eigenvalue weighted by Gasteiger charge is -2.31. The summed E-state index contributed by atoms with van der Waals surface area (Å²) in [5.74, 6) is 0.224. The van der Waals surface area contributed by atoms with Crippen molar-refractivity contribution in [2.45, 2.75) is 46.1 Å². The Balaban J connectivity index is 2.84. The van der Waals surface area contributed by atoms with E-state index in [1.54, 1.807) is 4.90 Å². The SMILES string of the molecule is CCC(C)(C)C(=O)N1CCCC1C(N)=NO. The lowest BCUT2D eigenvalue weighted by atomic mass is 9.88. The lowest BCUT2D eigenvalue weighted by Crippen LogP contribution is -2.48. The minimum atomic E-state index is -0.377. The molecule has 0 spiro atoms. The molecule has 0 aromatic carbocycles. The normalized spacial score (nSPS) is 22.6. The van der Waals surface area contributed by atoms with Crippen molar-refractivity contribution in [3.63, 3.8) is 0 Å². The summed E-state index contributed by atoms with van der Waals surface area (Å²) in [6.45, 7) is 6.55. The molecule has 5 heteroatoms. The van der Waals surface area contributed by atoms with Gasteiger partial charge in [-0.2, -0.15) is 0 Å². The number of amidine groups is 1. The van der Waals surface area contributed by atoms with Crippen molar-refractivity contribution >= 4 is 11.7 Å². The zero-order valence-electron chi connectivity index (χ0n) is 10.2. The van der Waals surface area contributed by atoms with Crippen LogP contribution in [-0.4, -0.2) is 34.4 Å². The quantitative estimate of drug-likeness (QED) is 0.328. The number of carbonyl (C=O) groups is 1. The van der Waals surface area contributed by atoms with Gasteiger partial charge in [-0.25, -0.2) is 0 Å². The summed E-state index contributed by atoms with van der Waals surface area (Å²) < 4.78 is 0. The molecule has 0 bridgehead atoms. The van der Waals surface area contributed by atoms with Gasteiger partial charge in [0.1, 0.15) is 0 Å². The molecular weight excluding hydrogens is 206 g/mol. The van der Waals surface area contributed by atoms with Gasteiger partial charge in [0, 0.05) is 12.0 Å². The van der Waals surface area contributed by atoms with Crippen molar-refractivity contribution in [2.75, 3.05) is 6.54 Å². The van der Waals surface area contributed by atoms with Gasteiger partial charge < -0.3 is 15.8 Å². The molecule has 16 heavy (non-hydrogen) atoms. The standard InChI is InChI=1S/C11H21N3O2/c1-4-11(2,3)10(15)14-7-5-6-8(14)9(12)13-16/h8,16H,4-7H2,1-3H3,(H2,12,13). The summed E-state index contributed by atoms with van der Waals surface area (Å²) in [7, 11) is 0. The van der Waals surface area contributed by atoms with E-state index >= 15 is 0 Å². The van der Waals surface area contributed by atoms with E-state index in [-0.39, 0.29) is 23.2 Å². The summed E-state index contributed by atoms with van der Waals surface area (Å²) in [6.07, 6.45) is 2.47. The zero-order chi connectivity index (χ0) is 12.3. The van der Waals surface area contributed by atoms with Crippen molar-refractivity contribution < 1.29 is 10.0 Å². The largest absolute Gasteiger partial charge is 0.409 e. The molecule has 1 rings (SSSR count). The number of oxime groups is 1. The first-order valence-corrected chi connectivity index (χ1v) is 5.72. The van der Waals surface area contributed by atoms with E-state index < -0.39 is 0 Å². The monoisotopic (exact) mass is 227 g/mol. The van der Waals surface area contributed by atoms with Gasteiger partial charge in [-0.1, -0.05) is 25.9 Å². The van der Waals surface area contributed by atoms with Crippen LogP contribution in [0.5, 0.6) is 0 Å². The van der Waals surface area contributed by atoms with Crippen LogP contribution in [-0.2, 0) is 4.79 Å². The van der Waals surface area contributed by atoms with E-state index in [0.29, 0.717) is 6.54 Å². The molecule has 1 fully saturated rings. The number of amides is 1. The molecule has 1 amide bonds. The molecule has 92 valence electrons. The second kappa shape index (κ2) is 4.72. The average Bonchev–Trinajstić information content (AvgIpc) is 2.75. The molecule has 0 aliphatic carbocycles. The smallest absolute Gasteiger partial charge is 0.228 e. The topological polar surface area (TPSA) is 78.9 Å². The Bertz CT molecular complexity index is 300. The number of nitrogens with zero attached hydrogens (tertiary/aromatic N) is 2. The highest BCUT2D eigenvalue weighted by Crippen LogP contribution is 2.28. The maximum absolute atomic E-state index is 12.3. The summed E-state index contributed by atoms with van der Waals surface area (Å²) >= 11 is 0. The van der Waals surface area contributed by atoms with E-state index in [2.05, 4.69) is 5.16 Å². The molecule has 3 N–H and O–H groups in total. The molecule has 1 aliphatic rings. The van der Waals surface area contributed by atoms with E-state index in [1.165, 1.54) is 0 Å². The molecule has 1 atom stereocenters. The third-order valence-corrected chi connectivity index (χ3v) is 3.43. The Morgan fingerprint density at radius 2 is 2.25 bits per heavy atom. The van der Waals surface area contributed by atoms with Crippen molar-refractivity contribution in [3.05, 3.63) is 0 Å². The third kappa shape index (κ3) is 2.28. The van der Waals surface area contributed by atoms with Crippen molar-refractivity contribution in [1.82, 2.24) is 4.90 Å². The van der Waals surface area contributed by atoms with Gasteiger partial charge in [-0.05, 0) is 19.3 Å². The maximum atomic E-state index is 12.3. The summed E-state index contributed by atoms with van der Waals surface area (Å²) in [6, 6.07) is -0.233. The van der Waals surface area contributed by atoms with Crippen molar-refractivity contribution in [2.24, 2.45) is 16.3 Å². The number of carbonyl (C=O) groups excluding carboxylic acids is 1. The van der Waals surface area contributed by atoms with Crippen molar-refractivity contribution in [1.29, 1.82) is 0 Å². The Kier molecular flexibility index (Phi) is 3.78. The first-order valence-electron chi connectivity index (χ1n) is 5.72. The summed E-state index contributed by atoms with van der Waals surface area (Å²) in [5, 5.41) is 11.7. The summed E-state index contributed by atoms with van der Waals surface area (Å²) in [4.78, 5) is 14.0. The fourth-order valence-electron chi connectivity index (χ4n) is 1.92. The highest BCUT2D eigenvalue weighted by molar-refractivity contribution is 5.92. The maximum Gasteiger partial charge on any atom is 0.228 e. The van der Waals surface area contributed by atoms with Crippen LogP contribution in [0.1, 0.15) is 40.0 Å². The Morgan fingerprint density at radius 3 is 2.75 bits per heavy atom. The van der Waals surface area contributed by atoms with Crippen LogP contribution in [0.15, 0.2) is 5.16 Å². The van der Waals surface area contributed by atoms with Gasteiger partial charge in [0.05, 0.1) is 6.04 Å². The lowest BCUT2D eigenvalue weighted by molar-refractivity contribution is -0.140. The molecule has 0 saturated carbocycles. The highest BCUT2D eigenvalue weighted by atomic mass is 16.4. The Labute approximate surface area is 96.3 Å². The summed E-state index contributed by atoms with van der Waals surface area (Å²) in [5.41, 5.74) is 5.22. The van der Waals surface area contributed by atoms with Crippen LogP contribution in [0.2, 0.25) is 0 Å². The zero-order valence-corrected chi connectivity index (χ0v) is 10.2. The van der Waals surface area contributed by atoms with Crippen LogP contribution < -0.4 is 5.73 Å². The third-order valence-electron chi connectivity index (χ3n) is 3.43. The van der Waals surface area contributed by atoms with E-state index in [1.807, 2.05) is 20.8 Å². The molecule has 1 heterocycles. The second-order valence-corrected chi connectivity index (χ2v) is 4.92. The first-order chi connectivity index (χ1) is 7.44. The Hall–Kier alpha value is -1.26. The van der Waals surface area contributed by atoms with Crippen LogP contribution in [0.3, 0.4) is 0 Å². The van der Waals surface area contributed by atoms with E-state index in [0.717, 1.165) is 19.3 Å². The second-order valence-electron chi connectivity index (χ2n) is 4.92. The minimum absolute atomic E-state index is 0.0871. The van der Waals surface area contributed by atoms with Gasteiger partial charge in [0.2, 0.25) is 5.91 Å². The first kappa shape index (κ1) is 12.8. The molecular formula is C11H21N3O2. The van der Waals surface area contributed by atoms with Crippen molar-refractivity contribution in [3.8, 4) is 0 Å². The molecule has 1 saturated heterocycles. The molecule has 0 aromatic rings. The van der Waals surface area contributed by atoms with E-state index in [9.17, 15) is 4.79 Å². The van der Waals surface area contributed by atoms with Crippen LogP contribution >= 0.6 is 0 Å². The number of nitrogens with two attached hydrogens (primary N) is 1. The molecule has 1 unspecified atom stereocenters. The van der Waals surface area contributed by atoms with Gasteiger partial charge in [0.15, 0.2) is 5.84 Å². The molecule has 5 nitrogen and oxygen atoms in total. The number of rotatable bonds is 3. The average molecular weight is 227 g/mol. The van der Waals surface area contributed by atoms with Crippen LogP contribution in [0.25, 0.3) is 0 Å². The number of hydrogen-bond donors (Lipinski definition) is 2.